The average Bonchev–Trinajstić information content (AvgIpc) is 3.47. The van der Waals surface area contributed by atoms with E-state index in [4.69, 9.17) is 10.3 Å². The van der Waals surface area contributed by atoms with Crippen LogP contribution in [0, 0.1) is 5.92 Å². The molecular formula is C26H37N7O4. The van der Waals surface area contributed by atoms with E-state index in [1.54, 1.807) is 12.1 Å². The van der Waals surface area contributed by atoms with Crippen molar-refractivity contribution in [1.82, 2.24) is 15.1 Å². The van der Waals surface area contributed by atoms with Gasteiger partial charge in [-0.3, -0.25) is 19.3 Å². The average molecular weight is 512 g/mol. The molecule has 3 heterocycles. The standard InChI is InChI=1S/C26H37N7O4/c1-5-17(4)22(26(36)33-14-20(29-30-27)24-23(33)21(34)15-37-24)28-25(35)18-6-8-19(9-7-18)32-12-10-31(11-13-32)16(2)3/h6-9,16-17,20,22-24H,5,10-15H2,1-4H3,(H,28,35)/t17-,20+,22-,23+,24+/m0/s1. The third-order valence-electron chi connectivity index (χ3n) is 7.95. The predicted octanol–water partition coefficient (Wildman–Crippen LogP) is 2.22. The molecule has 1 aromatic carbocycles. The number of amides is 2. The summed E-state index contributed by atoms with van der Waals surface area (Å²) in [5.74, 6) is -1.08. The Kier molecular flexibility index (Phi) is 8.36. The van der Waals surface area contributed by atoms with Gasteiger partial charge in [0, 0.05) is 54.9 Å². The van der Waals surface area contributed by atoms with Crippen molar-refractivity contribution in [2.75, 3.05) is 44.2 Å². The fourth-order valence-corrected chi connectivity index (χ4v) is 5.43. The number of anilines is 1. The first kappa shape index (κ1) is 26.9. The minimum Gasteiger partial charge on any atom is -0.369 e. The van der Waals surface area contributed by atoms with Crippen LogP contribution in [0.1, 0.15) is 44.5 Å². The lowest BCUT2D eigenvalue weighted by molar-refractivity contribution is -0.139. The van der Waals surface area contributed by atoms with Crippen LogP contribution in [0.15, 0.2) is 29.4 Å². The number of nitrogens with one attached hydrogen (secondary N) is 1. The van der Waals surface area contributed by atoms with Crippen LogP contribution in [0.5, 0.6) is 0 Å². The highest BCUT2D eigenvalue weighted by atomic mass is 16.5. The molecule has 11 heteroatoms. The zero-order valence-corrected chi connectivity index (χ0v) is 22.0. The summed E-state index contributed by atoms with van der Waals surface area (Å²) in [6.07, 6.45) is 0.0139. The van der Waals surface area contributed by atoms with Gasteiger partial charge < -0.3 is 19.9 Å². The minimum atomic E-state index is -0.819. The molecule has 200 valence electrons. The van der Waals surface area contributed by atoms with Crippen molar-refractivity contribution < 1.29 is 19.1 Å². The van der Waals surface area contributed by atoms with E-state index < -0.39 is 24.2 Å². The quantitative estimate of drug-likeness (QED) is 0.323. The first-order chi connectivity index (χ1) is 17.7. The Morgan fingerprint density at radius 1 is 1.16 bits per heavy atom. The molecule has 11 nitrogen and oxygen atoms in total. The van der Waals surface area contributed by atoms with Gasteiger partial charge in [0.05, 0.1) is 12.1 Å². The number of likely N-dealkylation sites (tertiary alicyclic amines) is 1. The van der Waals surface area contributed by atoms with Crippen molar-refractivity contribution in [3.05, 3.63) is 40.3 Å². The molecule has 2 amide bonds. The van der Waals surface area contributed by atoms with Crippen molar-refractivity contribution in [3.63, 3.8) is 0 Å². The number of rotatable bonds is 8. The van der Waals surface area contributed by atoms with E-state index in [0.717, 1.165) is 31.9 Å². The van der Waals surface area contributed by atoms with Crippen LogP contribution in [0.3, 0.4) is 0 Å². The second-order valence-electron chi connectivity index (χ2n) is 10.4. The van der Waals surface area contributed by atoms with Crippen LogP contribution < -0.4 is 10.2 Å². The van der Waals surface area contributed by atoms with Gasteiger partial charge in [0.15, 0.2) is 5.78 Å². The first-order valence-electron chi connectivity index (χ1n) is 13.1. The third-order valence-corrected chi connectivity index (χ3v) is 7.95. The normalized spacial score (nSPS) is 25.5. The van der Waals surface area contributed by atoms with E-state index in [1.165, 1.54) is 4.90 Å². The minimum absolute atomic E-state index is 0.0888. The van der Waals surface area contributed by atoms with Crippen molar-refractivity contribution in [2.45, 2.75) is 64.4 Å². The summed E-state index contributed by atoms with van der Waals surface area (Å²) in [5, 5.41) is 6.65. The number of hydrogen-bond acceptors (Lipinski definition) is 7. The van der Waals surface area contributed by atoms with Gasteiger partial charge in [0.25, 0.3) is 5.91 Å². The molecule has 1 aromatic rings. The van der Waals surface area contributed by atoms with Crippen molar-refractivity contribution >= 4 is 23.3 Å². The van der Waals surface area contributed by atoms with Crippen LogP contribution in [0.4, 0.5) is 5.69 Å². The monoisotopic (exact) mass is 511 g/mol. The number of hydrogen-bond donors (Lipinski definition) is 1. The second kappa shape index (κ2) is 11.5. The summed E-state index contributed by atoms with van der Waals surface area (Å²) in [7, 11) is 0. The smallest absolute Gasteiger partial charge is 0.251 e. The zero-order valence-electron chi connectivity index (χ0n) is 22.0. The zero-order chi connectivity index (χ0) is 26.7. The number of benzene rings is 1. The lowest BCUT2D eigenvalue weighted by Crippen LogP contribution is -2.54. The Bertz CT molecular complexity index is 1050. The number of azide groups is 1. The van der Waals surface area contributed by atoms with Crippen molar-refractivity contribution in [1.29, 1.82) is 0 Å². The number of carbonyl (C=O) groups excluding carboxylic acids is 3. The molecule has 0 bridgehead atoms. The maximum atomic E-state index is 13.6. The number of Topliss-reactive ketones (excluding diaryl/α,β-unsaturated/α-hetero) is 1. The van der Waals surface area contributed by atoms with Gasteiger partial charge in [0.1, 0.15) is 18.7 Å². The summed E-state index contributed by atoms with van der Waals surface area (Å²) in [6, 6.07) is 5.76. The van der Waals surface area contributed by atoms with E-state index in [9.17, 15) is 14.4 Å². The number of fused-ring (bicyclic) bond motifs is 1. The van der Waals surface area contributed by atoms with Crippen molar-refractivity contribution in [3.8, 4) is 0 Å². The molecule has 0 unspecified atom stereocenters. The molecule has 5 atom stereocenters. The van der Waals surface area contributed by atoms with Gasteiger partial charge in [0.2, 0.25) is 5.91 Å². The Labute approximate surface area is 217 Å². The van der Waals surface area contributed by atoms with E-state index in [2.05, 4.69) is 39.0 Å². The van der Waals surface area contributed by atoms with Crippen LogP contribution in [-0.4, -0.2) is 97.0 Å². The maximum Gasteiger partial charge on any atom is 0.251 e. The fraction of sp³-hybridized carbons (Fsp3) is 0.654. The highest BCUT2D eigenvalue weighted by Crippen LogP contribution is 2.31. The SMILES string of the molecule is CC[C@H](C)[C@H](NC(=O)c1ccc(N2CCN(C(C)C)CC2)cc1)C(=O)N1C[C@@H](N=[N+]=[N-])[C@H]2OCC(=O)[C@H]21. The topological polar surface area (TPSA) is 131 Å². The van der Waals surface area contributed by atoms with Crippen LogP contribution in [-0.2, 0) is 14.3 Å². The Hall–Kier alpha value is -3.14. The molecular weight excluding hydrogens is 474 g/mol. The maximum absolute atomic E-state index is 13.6. The lowest BCUT2D eigenvalue weighted by atomic mass is 9.96. The summed E-state index contributed by atoms with van der Waals surface area (Å²) >= 11 is 0. The number of ether oxygens (including phenoxy) is 1. The van der Waals surface area contributed by atoms with Gasteiger partial charge in [-0.1, -0.05) is 25.4 Å². The molecule has 0 saturated carbocycles. The largest absolute Gasteiger partial charge is 0.369 e. The summed E-state index contributed by atoms with van der Waals surface area (Å²) in [5.41, 5.74) is 10.4. The molecule has 1 N–H and O–H groups in total. The lowest BCUT2D eigenvalue weighted by Gasteiger charge is -2.38. The van der Waals surface area contributed by atoms with Gasteiger partial charge >= 0.3 is 0 Å². The first-order valence-corrected chi connectivity index (χ1v) is 13.1. The van der Waals surface area contributed by atoms with Gasteiger partial charge in [-0.25, -0.2) is 0 Å². The van der Waals surface area contributed by atoms with Crippen molar-refractivity contribution in [2.24, 2.45) is 11.0 Å². The summed E-state index contributed by atoms with van der Waals surface area (Å²) < 4.78 is 5.53. The molecule has 4 rings (SSSR count). The molecule has 0 radical (unpaired) electrons. The fourth-order valence-electron chi connectivity index (χ4n) is 5.43. The molecule has 3 fully saturated rings. The predicted molar refractivity (Wildman–Crippen MR) is 139 cm³/mol. The van der Waals surface area contributed by atoms with Gasteiger partial charge in [-0.15, -0.1) is 0 Å². The Morgan fingerprint density at radius 2 is 1.84 bits per heavy atom. The van der Waals surface area contributed by atoms with Crippen LogP contribution >= 0.6 is 0 Å². The molecule has 3 aliphatic heterocycles. The van der Waals surface area contributed by atoms with Crippen LogP contribution in [0.25, 0.3) is 10.4 Å². The number of ketones is 1. The molecule has 0 aromatic heterocycles. The molecule has 0 aliphatic carbocycles. The number of piperazine rings is 1. The van der Waals surface area contributed by atoms with Gasteiger partial charge in [-0.2, -0.15) is 0 Å². The molecule has 3 saturated heterocycles. The molecule has 0 spiro atoms. The second-order valence-corrected chi connectivity index (χ2v) is 10.4. The van der Waals surface area contributed by atoms with E-state index in [0.29, 0.717) is 18.0 Å². The highest BCUT2D eigenvalue weighted by molar-refractivity contribution is 5.99. The summed E-state index contributed by atoms with van der Waals surface area (Å²) in [6.45, 7) is 12.1. The van der Waals surface area contributed by atoms with E-state index >= 15 is 0 Å². The molecule has 37 heavy (non-hydrogen) atoms. The van der Waals surface area contributed by atoms with Gasteiger partial charge in [-0.05, 0) is 49.6 Å². The van der Waals surface area contributed by atoms with E-state index in [1.807, 2.05) is 26.0 Å². The van der Waals surface area contributed by atoms with Crippen LogP contribution in [0.2, 0.25) is 0 Å². The highest BCUT2D eigenvalue weighted by Gasteiger charge is 2.53. The van der Waals surface area contributed by atoms with E-state index in [-0.39, 0.29) is 36.7 Å². The number of nitrogens with zero attached hydrogens (tertiary/aromatic N) is 6. The Morgan fingerprint density at radius 3 is 2.43 bits per heavy atom. The molecule has 3 aliphatic rings. The third kappa shape index (κ3) is 5.58. The Balaban J connectivity index is 1.45. The number of carbonyl (C=O) groups is 3. The summed E-state index contributed by atoms with van der Waals surface area (Å²) in [4.78, 5) is 48.4.